The number of urea groups is 1. The van der Waals surface area contributed by atoms with Gasteiger partial charge >= 0.3 is 6.03 Å². The standard InChI is InChI=1S/C20H23N3O2/c1-23-11-5-9-17(18(23)24)22-19(25)21-13-15-12-20(15)10-4-7-14-6-2-3-8-16(14)20/h2-3,5-6,8-9,11,15H,4,7,10,12-13H2,1H3,(H2,21,22,25)/t15-,20-/m1/s1. The summed E-state index contributed by atoms with van der Waals surface area (Å²) in [6, 6.07) is 11.8. The smallest absolute Gasteiger partial charge is 0.319 e. The van der Waals surface area contributed by atoms with E-state index in [0.717, 1.165) is 12.8 Å². The van der Waals surface area contributed by atoms with Gasteiger partial charge in [0, 0.05) is 25.2 Å². The highest BCUT2D eigenvalue weighted by molar-refractivity contribution is 5.89. The molecule has 0 aliphatic heterocycles. The van der Waals surface area contributed by atoms with Gasteiger partial charge in [-0.2, -0.15) is 0 Å². The molecule has 2 aliphatic rings. The lowest BCUT2D eigenvalue weighted by Gasteiger charge is -2.26. The average molecular weight is 337 g/mol. The molecule has 1 aromatic carbocycles. The highest BCUT2D eigenvalue weighted by Crippen LogP contribution is 2.59. The largest absolute Gasteiger partial charge is 0.338 e. The van der Waals surface area contributed by atoms with Gasteiger partial charge in [-0.3, -0.25) is 4.79 Å². The fourth-order valence-electron chi connectivity index (χ4n) is 4.31. The second-order valence-corrected chi connectivity index (χ2v) is 7.24. The molecule has 5 nitrogen and oxygen atoms in total. The van der Waals surface area contributed by atoms with Gasteiger partial charge in [-0.1, -0.05) is 24.3 Å². The molecule has 1 aromatic heterocycles. The number of hydrogen-bond donors (Lipinski definition) is 2. The van der Waals surface area contributed by atoms with Crippen LogP contribution in [0.2, 0.25) is 0 Å². The minimum atomic E-state index is -0.311. The number of rotatable bonds is 3. The van der Waals surface area contributed by atoms with Crippen LogP contribution in [0.1, 0.15) is 30.4 Å². The molecule has 2 aliphatic carbocycles. The van der Waals surface area contributed by atoms with Crippen LogP contribution in [-0.4, -0.2) is 17.1 Å². The molecule has 0 bridgehead atoms. The van der Waals surface area contributed by atoms with Crippen LogP contribution in [0, 0.1) is 5.92 Å². The van der Waals surface area contributed by atoms with E-state index in [4.69, 9.17) is 0 Å². The maximum Gasteiger partial charge on any atom is 0.319 e. The zero-order valence-electron chi connectivity index (χ0n) is 14.4. The topological polar surface area (TPSA) is 63.1 Å². The number of hydrogen-bond acceptors (Lipinski definition) is 2. The predicted octanol–water partition coefficient (Wildman–Crippen LogP) is 2.80. The van der Waals surface area contributed by atoms with Gasteiger partial charge in [0.1, 0.15) is 5.69 Å². The van der Waals surface area contributed by atoms with Crippen molar-refractivity contribution in [2.45, 2.75) is 31.1 Å². The minimum absolute atomic E-state index is 0.207. The van der Waals surface area contributed by atoms with Crippen LogP contribution in [0.3, 0.4) is 0 Å². The number of amides is 2. The Morgan fingerprint density at radius 1 is 1.28 bits per heavy atom. The summed E-state index contributed by atoms with van der Waals surface area (Å²) in [4.78, 5) is 24.1. The first-order valence-corrected chi connectivity index (χ1v) is 8.89. The summed E-state index contributed by atoms with van der Waals surface area (Å²) in [5.41, 5.74) is 3.29. The third-order valence-corrected chi connectivity index (χ3v) is 5.74. The lowest BCUT2D eigenvalue weighted by Crippen LogP contribution is -2.34. The van der Waals surface area contributed by atoms with E-state index in [1.54, 1.807) is 25.4 Å². The summed E-state index contributed by atoms with van der Waals surface area (Å²) in [6.07, 6.45) is 6.39. The Balaban J connectivity index is 1.38. The van der Waals surface area contributed by atoms with Crippen LogP contribution in [0.15, 0.2) is 47.4 Å². The van der Waals surface area contributed by atoms with Crippen molar-refractivity contribution >= 4 is 11.7 Å². The first kappa shape index (κ1) is 15.9. The Morgan fingerprint density at radius 2 is 2.12 bits per heavy atom. The van der Waals surface area contributed by atoms with E-state index in [0.29, 0.717) is 18.2 Å². The van der Waals surface area contributed by atoms with Crippen LogP contribution < -0.4 is 16.2 Å². The number of pyridine rings is 1. The molecule has 1 spiro atoms. The van der Waals surface area contributed by atoms with E-state index < -0.39 is 0 Å². The Morgan fingerprint density at radius 3 is 3.00 bits per heavy atom. The third-order valence-electron chi connectivity index (χ3n) is 5.74. The van der Waals surface area contributed by atoms with Crippen molar-refractivity contribution in [3.05, 3.63) is 64.1 Å². The fraction of sp³-hybridized carbons (Fsp3) is 0.400. The maximum atomic E-state index is 12.2. The second kappa shape index (κ2) is 6.06. The number of nitrogens with one attached hydrogen (secondary N) is 2. The van der Waals surface area contributed by atoms with E-state index >= 15 is 0 Å². The Bertz CT molecular complexity index is 873. The fourth-order valence-corrected chi connectivity index (χ4v) is 4.31. The quantitative estimate of drug-likeness (QED) is 0.905. The maximum absolute atomic E-state index is 12.2. The first-order valence-electron chi connectivity index (χ1n) is 8.89. The zero-order valence-corrected chi connectivity index (χ0v) is 14.4. The summed E-state index contributed by atoms with van der Waals surface area (Å²) >= 11 is 0. The van der Waals surface area contributed by atoms with Crippen LogP contribution in [0.25, 0.3) is 0 Å². The molecule has 2 aromatic rings. The van der Waals surface area contributed by atoms with Crippen molar-refractivity contribution in [1.29, 1.82) is 0 Å². The summed E-state index contributed by atoms with van der Waals surface area (Å²) in [6.45, 7) is 0.646. The van der Waals surface area contributed by atoms with Gasteiger partial charge in [0.05, 0.1) is 0 Å². The molecular formula is C20H23N3O2. The zero-order chi connectivity index (χ0) is 17.4. The van der Waals surface area contributed by atoms with E-state index in [-0.39, 0.29) is 17.0 Å². The lowest BCUT2D eigenvalue weighted by atomic mass is 9.78. The molecule has 0 radical (unpaired) electrons. The summed E-state index contributed by atoms with van der Waals surface area (Å²) in [5.74, 6) is 0.485. The minimum Gasteiger partial charge on any atom is -0.338 e. The molecule has 1 fully saturated rings. The number of aromatic nitrogens is 1. The molecule has 4 rings (SSSR count). The van der Waals surface area contributed by atoms with Crippen LogP contribution in [0.5, 0.6) is 0 Å². The molecule has 2 amide bonds. The number of carbonyl (C=O) groups is 1. The molecule has 1 heterocycles. The Kier molecular flexibility index (Phi) is 3.86. The second-order valence-electron chi connectivity index (χ2n) is 7.24. The monoisotopic (exact) mass is 337 g/mol. The van der Waals surface area contributed by atoms with E-state index in [1.807, 2.05) is 0 Å². The number of fused-ring (bicyclic) bond motifs is 2. The van der Waals surface area contributed by atoms with Crippen LogP contribution >= 0.6 is 0 Å². The van der Waals surface area contributed by atoms with Crippen molar-refractivity contribution in [2.24, 2.45) is 13.0 Å². The SMILES string of the molecule is Cn1cccc(NC(=O)NC[C@H]2C[C@]23CCCc2ccccc23)c1=O. The van der Waals surface area contributed by atoms with Crippen molar-refractivity contribution in [2.75, 3.05) is 11.9 Å². The van der Waals surface area contributed by atoms with Crippen molar-refractivity contribution in [3.8, 4) is 0 Å². The van der Waals surface area contributed by atoms with Gasteiger partial charge in [-0.15, -0.1) is 0 Å². The van der Waals surface area contributed by atoms with Crippen molar-refractivity contribution < 1.29 is 4.79 Å². The van der Waals surface area contributed by atoms with E-state index in [1.165, 1.54) is 28.5 Å². The first-order chi connectivity index (χ1) is 12.1. The number of anilines is 1. The molecule has 130 valence electrons. The van der Waals surface area contributed by atoms with Gasteiger partial charge in [0.2, 0.25) is 0 Å². The molecule has 2 N–H and O–H groups in total. The highest BCUT2D eigenvalue weighted by atomic mass is 16.2. The average Bonchev–Trinajstić information content (AvgIpc) is 3.31. The van der Waals surface area contributed by atoms with Gasteiger partial charge in [0.15, 0.2) is 0 Å². The molecule has 1 saturated carbocycles. The predicted molar refractivity (Wildman–Crippen MR) is 97.9 cm³/mol. The van der Waals surface area contributed by atoms with E-state index in [9.17, 15) is 9.59 Å². The third kappa shape index (κ3) is 2.84. The summed E-state index contributed by atoms with van der Waals surface area (Å²) < 4.78 is 1.45. The van der Waals surface area contributed by atoms with Gasteiger partial charge < -0.3 is 15.2 Å². The van der Waals surface area contributed by atoms with Gasteiger partial charge in [-0.05, 0) is 54.9 Å². The van der Waals surface area contributed by atoms with Crippen LogP contribution in [-0.2, 0) is 18.9 Å². The molecule has 25 heavy (non-hydrogen) atoms. The van der Waals surface area contributed by atoms with Gasteiger partial charge in [-0.25, -0.2) is 4.79 Å². The van der Waals surface area contributed by atoms with Crippen molar-refractivity contribution in [3.63, 3.8) is 0 Å². The molecule has 0 unspecified atom stereocenters. The Hall–Kier alpha value is -2.56. The summed E-state index contributed by atoms with van der Waals surface area (Å²) in [5, 5.41) is 5.61. The number of carbonyl (C=O) groups excluding carboxylic acids is 1. The molecule has 2 atom stereocenters. The molecule has 0 saturated heterocycles. The van der Waals surface area contributed by atoms with Crippen LogP contribution in [0.4, 0.5) is 10.5 Å². The lowest BCUT2D eigenvalue weighted by molar-refractivity contribution is 0.251. The number of aryl methyl sites for hydroxylation is 2. The number of nitrogens with zero attached hydrogens (tertiary/aromatic N) is 1. The molecular weight excluding hydrogens is 314 g/mol. The van der Waals surface area contributed by atoms with E-state index in [2.05, 4.69) is 34.9 Å². The van der Waals surface area contributed by atoms with Gasteiger partial charge in [0.25, 0.3) is 5.56 Å². The normalized spacial score (nSPS) is 23.8. The Labute approximate surface area is 147 Å². The summed E-state index contributed by atoms with van der Waals surface area (Å²) in [7, 11) is 1.67. The molecule has 5 heteroatoms. The van der Waals surface area contributed by atoms with Crippen molar-refractivity contribution in [1.82, 2.24) is 9.88 Å². The highest BCUT2D eigenvalue weighted by Gasteiger charge is 2.56. The number of benzene rings is 1.